The van der Waals surface area contributed by atoms with Gasteiger partial charge in [0.2, 0.25) is 0 Å². The number of nitrogens with zero attached hydrogens (tertiary/aromatic N) is 4. The fourth-order valence-electron chi connectivity index (χ4n) is 4.82. The highest BCUT2D eigenvalue weighted by Crippen LogP contribution is 2.39. The molecule has 0 bridgehead atoms. The van der Waals surface area contributed by atoms with Gasteiger partial charge < -0.3 is 10.4 Å². The lowest BCUT2D eigenvalue weighted by atomic mass is 9.71. The summed E-state index contributed by atoms with van der Waals surface area (Å²) in [5.74, 6) is -1.84. The van der Waals surface area contributed by atoms with E-state index in [9.17, 15) is 22.7 Å². The van der Waals surface area contributed by atoms with Crippen molar-refractivity contribution in [1.82, 2.24) is 18.9 Å². The van der Waals surface area contributed by atoms with Gasteiger partial charge in [0.05, 0.1) is 21.5 Å². The van der Waals surface area contributed by atoms with Crippen LogP contribution in [0.4, 0.5) is 10.2 Å². The Bertz CT molecular complexity index is 1660. The lowest BCUT2D eigenvalue weighted by Gasteiger charge is -2.38. The second-order valence-corrected chi connectivity index (χ2v) is 12.0. The Morgan fingerprint density at radius 2 is 1.95 bits per heavy atom. The van der Waals surface area contributed by atoms with Crippen LogP contribution in [0.1, 0.15) is 38.2 Å². The standard InChI is InChI=1S/C26H25ClFN5O4S/c1-15-6-8-17(9-7-15)38(36,37)33-14-19(18-11-16(27)12-30-24(18)33)22-29-13-20(28)23(32-22)31-21-5-3-4-10-26(21,2)25(34)35/h6-9,11-14,21H,3-5,10H2,1-2H3,(H,34,35)(H,29,31,32)/t21-,26?/m0/s1. The van der Waals surface area contributed by atoms with E-state index in [-0.39, 0.29) is 32.8 Å². The van der Waals surface area contributed by atoms with Crippen molar-refractivity contribution in [2.45, 2.75) is 50.5 Å². The molecule has 1 unspecified atom stereocenters. The van der Waals surface area contributed by atoms with E-state index in [4.69, 9.17) is 11.6 Å². The number of hydrogen-bond donors (Lipinski definition) is 2. The number of rotatable bonds is 6. The molecular formula is C26H25ClFN5O4S. The first-order valence-corrected chi connectivity index (χ1v) is 13.8. The molecule has 0 saturated heterocycles. The molecule has 2 atom stereocenters. The number of pyridine rings is 1. The number of aryl methyl sites for hydroxylation is 1. The highest BCUT2D eigenvalue weighted by molar-refractivity contribution is 7.90. The van der Waals surface area contributed by atoms with Crippen LogP contribution in [0.3, 0.4) is 0 Å². The van der Waals surface area contributed by atoms with Crippen molar-refractivity contribution in [1.29, 1.82) is 0 Å². The first-order valence-electron chi connectivity index (χ1n) is 12.0. The van der Waals surface area contributed by atoms with Crippen LogP contribution < -0.4 is 5.32 Å². The maximum Gasteiger partial charge on any atom is 0.311 e. The third kappa shape index (κ3) is 4.49. The van der Waals surface area contributed by atoms with Gasteiger partial charge in [0.1, 0.15) is 0 Å². The van der Waals surface area contributed by atoms with Gasteiger partial charge in [0.15, 0.2) is 23.1 Å². The molecule has 3 aromatic heterocycles. The van der Waals surface area contributed by atoms with Gasteiger partial charge >= 0.3 is 5.97 Å². The minimum Gasteiger partial charge on any atom is -0.481 e. The van der Waals surface area contributed by atoms with Crippen molar-refractivity contribution in [3.05, 3.63) is 65.3 Å². The zero-order chi connectivity index (χ0) is 27.2. The van der Waals surface area contributed by atoms with Crippen molar-refractivity contribution < 1.29 is 22.7 Å². The summed E-state index contributed by atoms with van der Waals surface area (Å²) in [4.78, 5) is 24.8. The van der Waals surface area contributed by atoms with Crippen LogP contribution >= 0.6 is 11.6 Å². The summed E-state index contributed by atoms with van der Waals surface area (Å²) in [5, 5.41) is 13.4. The van der Waals surface area contributed by atoms with Crippen molar-refractivity contribution in [2.75, 3.05) is 5.32 Å². The van der Waals surface area contributed by atoms with E-state index in [0.717, 1.165) is 28.6 Å². The Morgan fingerprint density at radius 1 is 1.21 bits per heavy atom. The number of benzene rings is 1. The number of halogens is 2. The van der Waals surface area contributed by atoms with Gasteiger partial charge in [-0.05, 0) is 44.9 Å². The van der Waals surface area contributed by atoms with Gasteiger partial charge in [0.25, 0.3) is 10.0 Å². The quantitative estimate of drug-likeness (QED) is 0.328. The first-order chi connectivity index (χ1) is 18.0. The van der Waals surface area contributed by atoms with Crippen LogP contribution in [0.5, 0.6) is 0 Å². The van der Waals surface area contributed by atoms with Crippen LogP contribution in [0, 0.1) is 18.2 Å². The lowest BCUT2D eigenvalue weighted by molar-refractivity contribution is -0.150. The number of hydrogen-bond acceptors (Lipinski definition) is 7. The van der Waals surface area contributed by atoms with Crippen molar-refractivity contribution >= 4 is 44.4 Å². The second-order valence-electron chi connectivity index (χ2n) is 9.74. The summed E-state index contributed by atoms with van der Waals surface area (Å²) in [6.45, 7) is 3.50. The van der Waals surface area contributed by atoms with E-state index >= 15 is 0 Å². The summed E-state index contributed by atoms with van der Waals surface area (Å²) in [5.41, 5.74) is 0.200. The smallest absolute Gasteiger partial charge is 0.311 e. The summed E-state index contributed by atoms with van der Waals surface area (Å²) in [6, 6.07) is 7.40. The minimum absolute atomic E-state index is 0.0358. The number of aromatic nitrogens is 4. The molecule has 0 spiro atoms. The van der Waals surface area contributed by atoms with Crippen LogP contribution in [-0.2, 0) is 14.8 Å². The predicted octanol–water partition coefficient (Wildman–Crippen LogP) is 5.28. The SMILES string of the molecule is Cc1ccc(S(=O)(=O)n2cc(-c3ncc(F)c(N[C@H]4CCCCC4(C)C(=O)O)n3)c3cc(Cl)cnc32)cc1. The Morgan fingerprint density at radius 3 is 2.66 bits per heavy atom. The summed E-state index contributed by atoms with van der Waals surface area (Å²) in [7, 11) is -4.05. The monoisotopic (exact) mass is 557 g/mol. The fourth-order valence-corrected chi connectivity index (χ4v) is 6.31. The molecule has 1 saturated carbocycles. The third-order valence-electron chi connectivity index (χ3n) is 7.15. The van der Waals surface area contributed by atoms with Gasteiger partial charge in [-0.2, -0.15) is 0 Å². The molecule has 12 heteroatoms. The molecule has 5 rings (SSSR count). The molecule has 0 amide bonds. The third-order valence-corrected chi connectivity index (χ3v) is 9.02. The van der Waals surface area contributed by atoms with Crippen LogP contribution in [0.25, 0.3) is 22.4 Å². The minimum atomic E-state index is -4.05. The number of anilines is 1. The zero-order valence-electron chi connectivity index (χ0n) is 20.6. The molecule has 1 aliphatic rings. The summed E-state index contributed by atoms with van der Waals surface area (Å²) < 4.78 is 42.9. The molecule has 198 valence electrons. The van der Waals surface area contributed by atoms with E-state index in [1.165, 1.54) is 24.5 Å². The molecule has 0 aliphatic heterocycles. The second kappa shape index (κ2) is 9.63. The number of fused-ring (bicyclic) bond motifs is 1. The highest BCUT2D eigenvalue weighted by atomic mass is 35.5. The Balaban J connectivity index is 1.62. The Hall–Kier alpha value is -3.57. The predicted molar refractivity (Wildman–Crippen MR) is 141 cm³/mol. The van der Waals surface area contributed by atoms with Crippen molar-refractivity contribution in [3.63, 3.8) is 0 Å². The summed E-state index contributed by atoms with van der Waals surface area (Å²) >= 11 is 6.19. The van der Waals surface area contributed by atoms with Gasteiger partial charge in [-0.15, -0.1) is 0 Å². The number of carboxylic acids is 1. The molecule has 3 heterocycles. The molecule has 1 fully saturated rings. The molecule has 1 aliphatic carbocycles. The van der Waals surface area contributed by atoms with Gasteiger partial charge in [0, 0.05) is 29.4 Å². The van der Waals surface area contributed by atoms with Gasteiger partial charge in [-0.3, -0.25) is 4.79 Å². The summed E-state index contributed by atoms with van der Waals surface area (Å²) in [6.07, 6.45) is 6.20. The maximum atomic E-state index is 14.9. The van der Waals surface area contributed by atoms with Gasteiger partial charge in [-0.1, -0.05) is 42.1 Å². The number of carbonyl (C=O) groups is 1. The van der Waals surface area contributed by atoms with E-state index in [1.807, 2.05) is 6.92 Å². The number of nitrogens with one attached hydrogen (secondary N) is 1. The Kier molecular flexibility index (Phi) is 6.60. The van der Waals surface area contributed by atoms with Crippen molar-refractivity contribution in [3.8, 4) is 11.4 Å². The molecular weight excluding hydrogens is 533 g/mol. The molecule has 2 N–H and O–H groups in total. The lowest BCUT2D eigenvalue weighted by Crippen LogP contribution is -2.47. The van der Waals surface area contributed by atoms with E-state index in [1.54, 1.807) is 25.1 Å². The van der Waals surface area contributed by atoms with E-state index in [2.05, 4.69) is 20.3 Å². The van der Waals surface area contributed by atoms with Gasteiger partial charge in [-0.25, -0.2) is 31.7 Å². The molecule has 9 nitrogen and oxygen atoms in total. The first kappa shape index (κ1) is 26.1. The number of carboxylic acid groups (broad SMARTS) is 1. The molecule has 4 aromatic rings. The molecule has 38 heavy (non-hydrogen) atoms. The van der Waals surface area contributed by atoms with E-state index in [0.29, 0.717) is 18.2 Å². The largest absolute Gasteiger partial charge is 0.481 e. The zero-order valence-corrected chi connectivity index (χ0v) is 22.2. The van der Waals surface area contributed by atoms with E-state index < -0.39 is 33.3 Å². The average molecular weight is 558 g/mol. The highest BCUT2D eigenvalue weighted by Gasteiger charge is 2.43. The van der Waals surface area contributed by atoms with Crippen LogP contribution in [-0.4, -0.2) is 44.5 Å². The molecule has 1 aromatic carbocycles. The molecule has 0 radical (unpaired) electrons. The van der Waals surface area contributed by atoms with Crippen LogP contribution in [0.2, 0.25) is 5.02 Å². The fraction of sp³-hybridized carbons (Fsp3) is 0.308. The Labute approximate surface area is 223 Å². The maximum absolute atomic E-state index is 14.9. The van der Waals surface area contributed by atoms with Crippen LogP contribution in [0.15, 0.2) is 53.8 Å². The topological polar surface area (TPSA) is 127 Å². The number of aliphatic carboxylic acids is 1. The average Bonchev–Trinajstić information content (AvgIpc) is 3.26. The van der Waals surface area contributed by atoms with Crippen molar-refractivity contribution in [2.24, 2.45) is 5.41 Å². The normalized spacial score (nSPS) is 19.9.